The first-order chi connectivity index (χ1) is 20.4. The minimum absolute atomic E-state index is 0.119. The van der Waals surface area contributed by atoms with Gasteiger partial charge in [0.1, 0.15) is 0 Å². The van der Waals surface area contributed by atoms with Gasteiger partial charge in [-0.15, -0.1) is 0 Å². The number of hydrogen-bond acceptors (Lipinski definition) is 1. The lowest BCUT2D eigenvalue weighted by Gasteiger charge is -2.28. The molecule has 0 saturated carbocycles. The summed E-state index contributed by atoms with van der Waals surface area (Å²) in [7, 11) is 0. The number of aryl methyl sites for hydroxylation is 2. The molecule has 6 aromatic carbocycles. The van der Waals surface area contributed by atoms with Crippen LogP contribution in [0.25, 0.3) is 33.4 Å². The number of rotatable bonds is 5. The first-order valence-electron chi connectivity index (χ1n) is 14.8. The van der Waals surface area contributed by atoms with Crippen molar-refractivity contribution in [1.82, 2.24) is 0 Å². The van der Waals surface area contributed by atoms with Crippen molar-refractivity contribution in [3.8, 4) is 33.4 Å². The van der Waals surface area contributed by atoms with Crippen LogP contribution in [0.1, 0.15) is 36.1 Å². The average molecular weight is 542 g/mol. The Kier molecular flexibility index (Phi) is 6.32. The Balaban J connectivity index is 1.28. The van der Waals surface area contributed by atoms with Gasteiger partial charge in [0.2, 0.25) is 0 Å². The predicted molar refractivity (Wildman–Crippen MR) is 179 cm³/mol. The van der Waals surface area contributed by atoms with Crippen LogP contribution in [0, 0.1) is 13.8 Å². The molecule has 42 heavy (non-hydrogen) atoms. The Morgan fingerprint density at radius 2 is 0.881 bits per heavy atom. The summed E-state index contributed by atoms with van der Waals surface area (Å²) in [6.07, 6.45) is 0. The highest BCUT2D eigenvalue weighted by molar-refractivity contribution is 5.87. The molecule has 6 aromatic rings. The van der Waals surface area contributed by atoms with Crippen LogP contribution in [0.4, 0.5) is 17.1 Å². The van der Waals surface area contributed by atoms with Crippen molar-refractivity contribution >= 4 is 17.1 Å². The molecule has 0 fully saturated rings. The van der Waals surface area contributed by atoms with Crippen LogP contribution in [0.2, 0.25) is 0 Å². The number of nitrogens with zero attached hydrogens (tertiary/aromatic N) is 1. The molecule has 0 aliphatic heterocycles. The maximum atomic E-state index is 2.41. The second kappa shape index (κ2) is 10.2. The van der Waals surface area contributed by atoms with E-state index in [-0.39, 0.29) is 5.41 Å². The van der Waals surface area contributed by atoms with Crippen molar-refractivity contribution in [2.75, 3.05) is 4.90 Å². The molecule has 1 heteroatoms. The molecule has 7 rings (SSSR count). The molecule has 204 valence electrons. The molecule has 0 amide bonds. The molecule has 0 saturated heterocycles. The molecule has 0 unspecified atom stereocenters. The number of benzene rings is 6. The summed E-state index contributed by atoms with van der Waals surface area (Å²) >= 11 is 0. The zero-order valence-corrected chi connectivity index (χ0v) is 24.7. The van der Waals surface area contributed by atoms with Gasteiger partial charge in [-0.05, 0) is 112 Å². The molecule has 1 nitrogen and oxygen atoms in total. The monoisotopic (exact) mass is 541 g/mol. The summed E-state index contributed by atoms with van der Waals surface area (Å²) in [5.74, 6) is 0. The smallest absolute Gasteiger partial charge is 0.0465 e. The fourth-order valence-corrected chi connectivity index (χ4v) is 6.51. The second-order valence-corrected chi connectivity index (χ2v) is 12.1. The van der Waals surface area contributed by atoms with Crippen LogP contribution in [0.15, 0.2) is 140 Å². The summed E-state index contributed by atoms with van der Waals surface area (Å²) in [6.45, 7) is 9.06. The summed E-state index contributed by atoms with van der Waals surface area (Å²) < 4.78 is 0. The van der Waals surface area contributed by atoms with Gasteiger partial charge in [-0.3, -0.25) is 0 Å². The normalized spacial score (nSPS) is 13.0. The van der Waals surface area contributed by atoms with Gasteiger partial charge in [0.05, 0.1) is 0 Å². The van der Waals surface area contributed by atoms with E-state index in [1.54, 1.807) is 0 Å². The van der Waals surface area contributed by atoms with Gasteiger partial charge >= 0.3 is 0 Å². The van der Waals surface area contributed by atoms with Gasteiger partial charge in [-0.1, -0.05) is 111 Å². The van der Waals surface area contributed by atoms with Crippen LogP contribution in [0.3, 0.4) is 0 Å². The molecule has 0 radical (unpaired) electrons. The molecule has 1 aliphatic rings. The fraction of sp³-hybridized carbons (Fsp3) is 0.122. The Bertz CT molecular complexity index is 1870. The van der Waals surface area contributed by atoms with E-state index in [1.165, 1.54) is 72.7 Å². The van der Waals surface area contributed by atoms with E-state index in [4.69, 9.17) is 0 Å². The first-order valence-corrected chi connectivity index (χ1v) is 14.8. The summed E-state index contributed by atoms with van der Waals surface area (Å²) in [4.78, 5) is 2.39. The summed E-state index contributed by atoms with van der Waals surface area (Å²) in [5, 5.41) is 0. The van der Waals surface area contributed by atoms with E-state index in [1.807, 2.05) is 0 Å². The topological polar surface area (TPSA) is 3.24 Å². The minimum Gasteiger partial charge on any atom is -0.310 e. The number of fused-ring (bicyclic) bond motifs is 3. The van der Waals surface area contributed by atoms with Gasteiger partial charge < -0.3 is 4.90 Å². The highest BCUT2D eigenvalue weighted by atomic mass is 15.1. The molecule has 0 heterocycles. The lowest BCUT2D eigenvalue weighted by Crippen LogP contribution is -2.16. The average Bonchev–Trinajstić information content (AvgIpc) is 3.23. The summed E-state index contributed by atoms with van der Waals surface area (Å²) in [5.41, 5.74) is 16.3. The lowest BCUT2D eigenvalue weighted by molar-refractivity contribution is 0.660. The van der Waals surface area contributed by atoms with Crippen molar-refractivity contribution in [2.45, 2.75) is 33.1 Å². The Labute approximate surface area is 249 Å². The quantitative estimate of drug-likeness (QED) is 0.210. The molecular formula is C41H35N. The Hall–Kier alpha value is -4.88. The van der Waals surface area contributed by atoms with Crippen molar-refractivity contribution in [3.05, 3.63) is 162 Å². The van der Waals surface area contributed by atoms with E-state index in [0.717, 1.165) is 0 Å². The zero-order valence-electron chi connectivity index (χ0n) is 24.7. The molecule has 0 spiro atoms. The van der Waals surface area contributed by atoms with E-state index >= 15 is 0 Å². The van der Waals surface area contributed by atoms with Crippen molar-refractivity contribution in [1.29, 1.82) is 0 Å². The highest BCUT2D eigenvalue weighted by Crippen LogP contribution is 2.51. The van der Waals surface area contributed by atoms with Crippen molar-refractivity contribution in [3.63, 3.8) is 0 Å². The zero-order chi connectivity index (χ0) is 28.8. The molecule has 0 atom stereocenters. The molecular weight excluding hydrogens is 506 g/mol. The predicted octanol–water partition coefficient (Wildman–Crippen LogP) is 11.4. The fourth-order valence-electron chi connectivity index (χ4n) is 6.51. The van der Waals surface area contributed by atoms with E-state index in [0.29, 0.717) is 0 Å². The molecule has 0 N–H and O–H groups in total. The largest absolute Gasteiger partial charge is 0.310 e. The molecule has 0 bridgehead atoms. The summed E-state index contributed by atoms with van der Waals surface area (Å²) in [6, 6.07) is 51.1. The van der Waals surface area contributed by atoms with Gasteiger partial charge in [0, 0.05) is 22.5 Å². The van der Waals surface area contributed by atoms with Crippen LogP contribution in [0.5, 0.6) is 0 Å². The minimum atomic E-state index is -0.119. The van der Waals surface area contributed by atoms with Crippen LogP contribution >= 0.6 is 0 Å². The standard InChI is InChI=1S/C41H35N/c1-28-10-8-14-34(24-28)42(35-15-9-11-29(2)25-35)36-21-23-38-37-22-20-33(26-39(37)41(3,4)40(38)27-36)32-18-16-31(17-19-32)30-12-6-5-7-13-30/h5-27H,1-4H3. The van der Waals surface area contributed by atoms with E-state index < -0.39 is 0 Å². The third-order valence-corrected chi connectivity index (χ3v) is 8.76. The van der Waals surface area contributed by atoms with Crippen molar-refractivity contribution in [2.24, 2.45) is 0 Å². The van der Waals surface area contributed by atoms with E-state index in [9.17, 15) is 0 Å². The second-order valence-electron chi connectivity index (χ2n) is 12.1. The van der Waals surface area contributed by atoms with Crippen LogP contribution < -0.4 is 4.90 Å². The Morgan fingerprint density at radius 1 is 0.405 bits per heavy atom. The van der Waals surface area contributed by atoms with E-state index in [2.05, 4.69) is 172 Å². The van der Waals surface area contributed by atoms with Gasteiger partial charge in [-0.2, -0.15) is 0 Å². The maximum Gasteiger partial charge on any atom is 0.0465 e. The van der Waals surface area contributed by atoms with Gasteiger partial charge in [0.25, 0.3) is 0 Å². The lowest BCUT2D eigenvalue weighted by atomic mass is 9.81. The van der Waals surface area contributed by atoms with Gasteiger partial charge in [0.15, 0.2) is 0 Å². The van der Waals surface area contributed by atoms with Crippen molar-refractivity contribution < 1.29 is 0 Å². The highest BCUT2D eigenvalue weighted by Gasteiger charge is 2.36. The number of anilines is 3. The number of hydrogen-bond donors (Lipinski definition) is 0. The van der Waals surface area contributed by atoms with Crippen LogP contribution in [-0.4, -0.2) is 0 Å². The third kappa shape index (κ3) is 4.52. The maximum absolute atomic E-state index is 2.41. The van der Waals surface area contributed by atoms with Crippen LogP contribution in [-0.2, 0) is 5.41 Å². The Morgan fingerprint density at radius 3 is 1.48 bits per heavy atom. The molecule has 0 aromatic heterocycles. The first kappa shape index (κ1) is 26.0. The van der Waals surface area contributed by atoms with Gasteiger partial charge in [-0.25, -0.2) is 0 Å². The SMILES string of the molecule is Cc1cccc(N(c2cccc(C)c2)c2ccc3c(c2)C(C)(C)c2cc(-c4ccc(-c5ccccc5)cc4)ccc2-3)c1. The third-order valence-electron chi connectivity index (χ3n) is 8.76. The molecule has 1 aliphatic carbocycles.